The summed E-state index contributed by atoms with van der Waals surface area (Å²) in [5, 5.41) is 2.72. The Hall–Kier alpha value is -1.75. The molecule has 0 fully saturated rings. The van der Waals surface area contributed by atoms with E-state index in [1.807, 2.05) is 6.07 Å². The number of carbonyl (C=O) groups excluding carboxylic acids is 1. The number of rotatable bonds is 2. The molecule has 2 aromatic rings. The Balaban J connectivity index is 2.20. The first kappa shape index (κ1) is 11.7. The van der Waals surface area contributed by atoms with Crippen LogP contribution in [-0.2, 0) is 0 Å². The zero-order valence-electron chi connectivity index (χ0n) is 9.14. The van der Waals surface area contributed by atoms with E-state index in [0.717, 1.165) is 0 Å². The highest BCUT2D eigenvalue weighted by atomic mass is 79.9. The van der Waals surface area contributed by atoms with Crippen molar-refractivity contribution in [2.45, 2.75) is 6.92 Å². The van der Waals surface area contributed by atoms with E-state index in [2.05, 4.69) is 31.2 Å². The molecule has 1 N–H and O–H groups in total. The second-order valence-corrected chi connectivity index (χ2v) is 4.25. The van der Waals surface area contributed by atoms with Gasteiger partial charge in [-0.3, -0.25) is 9.78 Å². The smallest absolute Gasteiger partial charge is 0.258 e. The molecule has 0 bridgehead atoms. The Bertz CT molecular complexity index is 557. The molecule has 0 atom stereocenters. The summed E-state index contributed by atoms with van der Waals surface area (Å²) in [6.45, 7) is 1.79. The molecule has 2 rings (SSSR count). The van der Waals surface area contributed by atoms with Crippen LogP contribution in [0.5, 0.6) is 0 Å². The third kappa shape index (κ3) is 2.88. The largest absolute Gasteiger partial charge is 0.306 e. The number of carbonyl (C=O) groups is 1. The van der Waals surface area contributed by atoms with Crippen molar-refractivity contribution in [3.63, 3.8) is 0 Å². The zero-order chi connectivity index (χ0) is 12.3. The topological polar surface area (TPSA) is 54.9 Å². The number of halogens is 1. The molecular weight excluding hydrogens is 282 g/mol. The number of nitrogens with zero attached hydrogens (tertiary/aromatic N) is 2. The number of pyridine rings is 2. The number of amides is 1. The molecule has 1 amide bonds. The van der Waals surface area contributed by atoms with Crippen molar-refractivity contribution in [1.29, 1.82) is 0 Å². The number of anilines is 1. The molecule has 2 aromatic heterocycles. The predicted molar refractivity (Wildman–Crippen MR) is 68.9 cm³/mol. The first-order chi connectivity index (χ1) is 8.16. The summed E-state index contributed by atoms with van der Waals surface area (Å²) in [6.07, 6.45) is 1.66. The summed E-state index contributed by atoms with van der Waals surface area (Å²) in [7, 11) is 0. The van der Waals surface area contributed by atoms with Crippen molar-refractivity contribution in [1.82, 2.24) is 9.97 Å². The van der Waals surface area contributed by atoms with E-state index in [4.69, 9.17) is 0 Å². The van der Waals surface area contributed by atoms with Gasteiger partial charge in [0.25, 0.3) is 5.91 Å². The quantitative estimate of drug-likeness (QED) is 0.866. The highest BCUT2D eigenvalue weighted by molar-refractivity contribution is 9.10. The minimum atomic E-state index is -0.207. The Morgan fingerprint density at radius 1 is 1.29 bits per heavy atom. The summed E-state index contributed by atoms with van der Waals surface area (Å²) < 4.78 is 0.679. The maximum atomic E-state index is 11.9. The third-order valence-electron chi connectivity index (χ3n) is 2.21. The van der Waals surface area contributed by atoms with Crippen molar-refractivity contribution < 1.29 is 4.79 Å². The molecular formula is C12H10BrN3O. The molecule has 0 radical (unpaired) electrons. The molecule has 2 heterocycles. The fourth-order valence-corrected chi connectivity index (χ4v) is 1.73. The molecule has 17 heavy (non-hydrogen) atoms. The summed E-state index contributed by atoms with van der Waals surface area (Å²) in [5.41, 5.74) is 1.24. The first-order valence-electron chi connectivity index (χ1n) is 5.02. The van der Waals surface area contributed by atoms with Crippen LogP contribution in [0.4, 0.5) is 5.82 Å². The predicted octanol–water partition coefficient (Wildman–Crippen LogP) is 2.80. The van der Waals surface area contributed by atoms with Crippen LogP contribution in [0.3, 0.4) is 0 Å². The Labute approximate surface area is 107 Å². The average Bonchev–Trinajstić information content (AvgIpc) is 2.29. The van der Waals surface area contributed by atoms with Crippen LogP contribution >= 0.6 is 15.9 Å². The van der Waals surface area contributed by atoms with Gasteiger partial charge in [0.2, 0.25) is 0 Å². The van der Waals surface area contributed by atoms with Crippen LogP contribution in [0.1, 0.15) is 16.1 Å². The van der Waals surface area contributed by atoms with Crippen LogP contribution in [0.25, 0.3) is 0 Å². The van der Waals surface area contributed by atoms with E-state index < -0.39 is 0 Å². The standard InChI is InChI=1S/C12H10BrN3O/c1-8-9(4-3-7-14-8)12(17)16-11-6-2-5-10(13)15-11/h2-7H,1H3,(H,15,16,17). The Morgan fingerprint density at radius 2 is 2.12 bits per heavy atom. The van der Waals surface area contributed by atoms with E-state index in [1.54, 1.807) is 37.4 Å². The lowest BCUT2D eigenvalue weighted by molar-refractivity contribution is 0.102. The molecule has 0 aliphatic rings. The fraction of sp³-hybridized carbons (Fsp3) is 0.0833. The SMILES string of the molecule is Cc1ncccc1C(=O)Nc1cccc(Br)n1. The molecule has 0 spiro atoms. The Morgan fingerprint density at radius 3 is 2.82 bits per heavy atom. The van der Waals surface area contributed by atoms with Crippen LogP contribution in [0.2, 0.25) is 0 Å². The molecule has 0 aliphatic heterocycles. The van der Waals surface area contributed by atoms with Gasteiger partial charge in [-0.05, 0) is 47.1 Å². The number of nitrogens with one attached hydrogen (secondary N) is 1. The molecule has 5 heteroatoms. The lowest BCUT2D eigenvalue weighted by Gasteiger charge is -2.06. The molecule has 4 nitrogen and oxygen atoms in total. The zero-order valence-corrected chi connectivity index (χ0v) is 10.7. The Kier molecular flexibility index (Phi) is 3.49. The van der Waals surface area contributed by atoms with Gasteiger partial charge in [-0.1, -0.05) is 6.07 Å². The maximum absolute atomic E-state index is 11.9. The van der Waals surface area contributed by atoms with Crippen molar-refractivity contribution in [2.24, 2.45) is 0 Å². The first-order valence-corrected chi connectivity index (χ1v) is 5.81. The van der Waals surface area contributed by atoms with Crippen LogP contribution < -0.4 is 5.32 Å². The van der Waals surface area contributed by atoms with E-state index in [9.17, 15) is 4.79 Å². The summed E-state index contributed by atoms with van der Waals surface area (Å²) in [6, 6.07) is 8.80. The molecule has 0 saturated heterocycles. The molecule has 0 unspecified atom stereocenters. The van der Waals surface area contributed by atoms with Crippen LogP contribution in [0.15, 0.2) is 41.1 Å². The molecule has 0 aliphatic carbocycles. The number of aromatic nitrogens is 2. The lowest BCUT2D eigenvalue weighted by Crippen LogP contribution is -2.14. The number of hydrogen-bond acceptors (Lipinski definition) is 3. The summed E-state index contributed by atoms with van der Waals surface area (Å²) in [5.74, 6) is 0.300. The van der Waals surface area contributed by atoms with Gasteiger partial charge in [0.1, 0.15) is 10.4 Å². The molecule has 0 saturated carbocycles. The van der Waals surface area contributed by atoms with Gasteiger partial charge in [0, 0.05) is 11.9 Å². The van der Waals surface area contributed by atoms with Gasteiger partial charge in [0.15, 0.2) is 0 Å². The number of hydrogen-bond donors (Lipinski definition) is 1. The van der Waals surface area contributed by atoms with Crippen molar-refractivity contribution in [2.75, 3.05) is 5.32 Å². The fourth-order valence-electron chi connectivity index (χ4n) is 1.39. The monoisotopic (exact) mass is 291 g/mol. The third-order valence-corrected chi connectivity index (χ3v) is 2.65. The van der Waals surface area contributed by atoms with Gasteiger partial charge in [-0.25, -0.2) is 4.98 Å². The highest BCUT2D eigenvalue weighted by Crippen LogP contribution is 2.12. The normalized spacial score (nSPS) is 10.0. The van der Waals surface area contributed by atoms with Gasteiger partial charge in [-0.15, -0.1) is 0 Å². The van der Waals surface area contributed by atoms with Crippen molar-refractivity contribution in [3.8, 4) is 0 Å². The number of aryl methyl sites for hydroxylation is 1. The minimum Gasteiger partial charge on any atom is -0.306 e. The maximum Gasteiger partial charge on any atom is 0.258 e. The van der Waals surface area contributed by atoms with E-state index in [-0.39, 0.29) is 5.91 Å². The van der Waals surface area contributed by atoms with E-state index in [0.29, 0.717) is 21.7 Å². The minimum absolute atomic E-state index is 0.207. The van der Waals surface area contributed by atoms with Crippen LogP contribution in [-0.4, -0.2) is 15.9 Å². The van der Waals surface area contributed by atoms with E-state index >= 15 is 0 Å². The van der Waals surface area contributed by atoms with E-state index in [1.165, 1.54) is 0 Å². The summed E-state index contributed by atoms with van der Waals surface area (Å²) in [4.78, 5) is 20.1. The second kappa shape index (κ2) is 5.05. The summed E-state index contributed by atoms with van der Waals surface area (Å²) >= 11 is 3.25. The van der Waals surface area contributed by atoms with Crippen LogP contribution in [0, 0.1) is 6.92 Å². The second-order valence-electron chi connectivity index (χ2n) is 3.44. The van der Waals surface area contributed by atoms with Gasteiger partial charge < -0.3 is 5.32 Å². The highest BCUT2D eigenvalue weighted by Gasteiger charge is 2.09. The van der Waals surface area contributed by atoms with Gasteiger partial charge in [-0.2, -0.15) is 0 Å². The van der Waals surface area contributed by atoms with Gasteiger partial charge >= 0.3 is 0 Å². The average molecular weight is 292 g/mol. The molecule has 86 valence electrons. The van der Waals surface area contributed by atoms with Crippen molar-refractivity contribution in [3.05, 3.63) is 52.4 Å². The van der Waals surface area contributed by atoms with Gasteiger partial charge in [0.05, 0.1) is 5.56 Å². The molecule has 0 aromatic carbocycles. The lowest BCUT2D eigenvalue weighted by atomic mass is 10.2. The van der Waals surface area contributed by atoms with Crippen molar-refractivity contribution >= 4 is 27.7 Å².